The average molecular weight is 333 g/mol. The maximum Gasteiger partial charge on any atom is 0.205 e. The van der Waals surface area contributed by atoms with Gasteiger partial charge in [-0.2, -0.15) is 0 Å². The minimum absolute atomic E-state index is 0.573. The van der Waals surface area contributed by atoms with Gasteiger partial charge in [-0.15, -0.1) is 10.2 Å². The Labute approximate surface area is 136 Å². The second-order valence-electron chi connectivity index (χ2n) is 5.17. The molecule has 1 saturated carbocycles. The number of rotatable bonds is 5. The Morgan fingerprint density at radius 1 is 1.36 bits per heavy atom. The zero-order valence-electron chi connectivity index (χ0n) is 11.6. The molecule has 0 N–H and O–H groups in total. The van der Waals surface area contributed by atoms with E-state index in [2.05, 4.69) is 19.7 Å². The minimum atomic E-state index is 0.573. The lowest BCUT2D eigenvalue weighted by molar-refractivity contribution is 0.529. The summed E-state index contributed by atoms with van der Waals surface area (Å²) in [6.45, 7) is 0. The molecule has 0 atom stereocenters. The molecule has 3 aromatic rings. The van der Waals surface area contributed by atoms with E-state index in [0.717, 1.165) is 16.5 Å². The molecule has 7 heteroatoms. The van der Waals surface area contributed by atoms with Crippen LogP contribution in [0.5, 0.6) is 0 Å². The van der Waals surface area contributed by atoms with Gasteiger partial charge in [-0.1, -0.05) is 35.5 Å². The fraction of sp³-hybridized carbons (Fsp3) is 0.267. The van der Waals surface area contributed by atoms with Gasteiger partial charge in [-0.3, -0.25) is 0 Å². The van der Waals surface area contributed by atoms with Crippen LogP contribution in [0, 0.1) is 0 Å². The summed E-state index contributed by atoms with van der Waals surface area (Å²) in [5.41, 5.74) is 0.928. The lowest BCUT2D eigenvalue weighted by atomic mass is 10.2. The molecule has 1 fully saturated rings. The van der Waals surface area contributed by atoms with Crippen LogP contribution in [0.25, 0.3) is 11.3 Å². The average Bonchev–Trinajstić information content (AvgIpc) is 3.08. The van der Waals surface area contributed by atoms with Crippen molar-refractivity contribution in [1.82, 2.24) is 19.7 Å². The van der Waals surface area contributed by atoms with Crippen molar-refractivity contribution >= 4 is 23.4 Å². The van der Waals surface area contributed by atoms with E-state index in [1.54, 1.807) is 24.3 Å². The van der Waals surface area contributed by atoms with Gasteiger partial charge in [-0.05, 0) is 25.0 Å². The highest BCUT2D eigenvalue weighted by molar-refractivity contribution is 7.98. The van der Waals surface area contributed by atoms with Crippen LogP contribution >= 0.6 is 23.4 Å². The first-order valence-electron chi connectivity index (χ1n) is 7.02. The zero-order valence-corrected chi connectivity index (χ0v) is 13.2. The molecule has 0 aliphatic heterocycles. The van der Waals surface area contributed by atoms with Crippen molar-refractivity contribution in [3.8, 4) is 11.3 Å². The molecular formula is C15H13ClN4OS. The van der Waals surface area contributed by atoms with Gasteiger partial charge < -0.3 is 8.98 Å². The number of aromatic nitrogens is 4. The smallest absolute Gasteiger partial charge is 0.205 e. The van der Waals surface area contributed by atoms with Crippen LogP contribution in [0.15, 0.2) is 46.4 Å². The molecule has 22 heavy (non-hydrogen) atoms. The van der Waals surface area contributed by atoms with Gasteiger partial charge in [0.25, 0.3) is 0 Å². The number of thioether (sulfide) groups is 1. The van der Waals surface area contributed by atoms with Crippen LogP contribution < -0.4 is 0 Å². The first-order valence-corrected chi connectivity index (χ1v) is 8.39. The van der Waals surface area contributed by atoms with Gasteiger partial charge in [0.2, 0.25) is 5.89 Å². The quantitative estimate of drug-likeness (QED) is 0.655. The Balaban J connectivity index is 1.47. The topological polar surface area (TPSA) is 56.7 Å². The van der Waals surface area contributed by atoms with E-state index in [-0.39, 0.29) is 0 Å². The number of oxazole rings is 1. The van der Waals surface area contributed by atoms with Crippen molar-refractivity contribution < 1.29 is 4.42 Å². The van der Waals surface area contributed by atoms with Crippen LogP contribution in [0.4, 0.5) is 0 Å². The maximum absolute atomic E-state index is 6.00. The van der Waals surface area contributed by atoms with Gasteiger partial charge in [-0.25, -0.2) is 4.98 Å². The van der Waals surface area contributed by atoms with Gasteiger partial charge in [0.05, 0.1) is 11.9 Å². The Kier molecular flexibility index (Phi) is 3.63. The van der Waals surface area contributed by atoms with E-state index in [1.165, 1.54) is 12.8 Å². The molecule has 0 bridgehead atoms. The molecule has 1 aliphatic carbocycles. The highest BCUT2D eigenvalue weighted by Gasteiger charge is 2.26. The molecule has 4 rings (SSSR count). The molecule has 2 heterocycles. The first-order chi connectivity index (χ1) is 10.8. The summed E-state index contributed by atoms with van der Waals surface area (Å²) >= 11 is 7.59. The minimum Gasteiger partial charge on any atom is -0.440 e. The van der Waals surface area contributed by atoms with Crippen molar-refractivity contribution in [2.24, 2.45) is 0 Å². The van der Waals surface area contributed by atoms with Crippen molar-refractivity contribution in [2.45, 2.75) is 29.8 Å². The molecule has 0 saturated heterocycles. The van der Waals surface area contributed by atoms with Crippen LogP contribution in [0.1, 0.15) is 24.8 Å². The third-order valence-electron chi connectivity index (χ3n) is 3.47. The predicted octanol–water partition coefficient (Wildman–Crippen LogP) is 4.21. The Bertz CT molecular complexity index is 796. The third kappa shape index (κ3) is 2.89. The maximum atomic E-state index is 6.00. The molecule has 1 aliphatic rings. The monoisotopic (exact) mass is 332 g/mol. The van der Waals surface area contributed by atoms with Crippen molar-refractivity contribution in [3.63, 3.8) is 0 Å². The number of halogens is 1. The number of hydrogen-bond acceptors (Lipinski definition) is 5. The molecule has 0 radical (unpaired) electrons. The van der Waals surface area contributed by atoms with E-state index >= 15 is 0 Å². The summed E-state index contributed by atoms with van der Waals surface area (Å²) in [6.07, 6.45) is 5.95. The standard InChI is InChI=1S/C15H13ClN4OS/c16-11-3-1-2-10(6-11)13-7-17-14(21-13)8-22-15-19-18-9-20(15)12-4-5-12/h1-3,6-7,9,12H,4-5,8H2. The molecule has 1 aromatic carbocycles. The summed E-state index contributed by atoms with van der Waals surface area (Å²) in [4.78, 5) is 4.32. The normalized spacial score (nSPS) is 14.4. The van der Waals surface area contributed by atoms with Crippen LogP contribution in [0.3, 0.4) is 0 Å². The Morgan fingerprint density at radius 2 is 2.27 bits per heavy atom. The summed E-state index contributed by atoms with van der Waals surface area (Å²) in [5, 5.41) is 9.75. The van der Waals surface area contributed by atoms with E-state index in [9.17, 15) is 0 Å². The summed E-state index contributed by atoms with van der Waals surface area (Å²) in [6, 6.07) is 8.12. The Morgan fingerprint density at radius 3 is 3.09 bits per heavy atom. The second-order valence-corrected chi connectivity index (χ2v) is 6.55. The molecule has 5 nitrogen and oxygen atoms in total. The highest BCUT2D eigenvalue weighted by Crippen LogP contribution is 2.37. The molecule has 0 spiro atoms. The number of benzene rings is 1. The van der Waals surface area contributed by atoms with Crippen molar-refractivity contribution in [2.75, 3.05) is 0 Å². The summed E-state index contributed by atoms with van der Waals surface area (Å²) in [7, 11) is 0. The van der Waals surface area contributed by atoms with Crippen LogP contribution in [0.2, 0.25) is 5.02 Å². The SMILES string of the molecule is Clc1cccc(-c2cnc(CSc3nncn3C3CC3)o2)c1. The molecule has 112 valence electrons. The van der Waals surface area contributed by atoms with Gasteiger partial charge in [0, 0.05) is 16.6 Å². The first kappa shape index (κ1) is 13.8. The van der Waals surface area contributed by atoms with E-state index in [1.807, 2.05) is 24.3 Å². The van der Waals surface area contributed by atoms with Crippen LogP contribution in [-0.4, -0.2) is 19.7 Å². The summed E-state index contributed by atoms with van der Waals surface area (Å²) in [5.74, 6) is 2.03. The molecule has 2 aromatic heterocycles. The Hall–Kier alpha value is -1.79. The highest BCUT2D eigenvalue weighted by atomic mass is 35.5. The van der Waals surface area contributed by atoms with Gasteiger partial charge in [0.15, 0.2) is 10.9 Å². The number of nitrogens with zero attached hydrogens (tertiary/aromatic N) is 4. The fourth-order valence-electron chi connectivity index (χ4n) is 2.22. The van der Waals surface area contributed by atoms with E-state index < -0.39 is 0 Å². The lowest BCUT2D eigenvalue weighted by Crippen LogP contribution is -1.94. The third-order valence-corrected chi connectivity index (χ3v) is 4.64. The van der Waals surface area contributed by atoms with Crippen LogP contribution in [-0.2, 0) is 5.75 Å². The predicted molar refractivity (Wildman–Crippen MR) is 84.8 cm³/mol. The molecule has 0 unspecified atom stereocenters. The lowest BCUT2D eigenvalue weighted by Gasteiger charge is -2.02. The second kappa shape index (κ2) is 5.78. The fourth-order valence-corrected chi connectivity index (χ4v) is 3.24. The zero-order chi connectivity index (χ0) is 14.9. The van der Waals surface area contributed by atoms with E-state index in [0.29, 0.717) is 22.7 Å². The largest absolute Gasteiger partial charge is 0.440 e. The van der Waals surface area contributed by atoms with Crippen molar-refractivity contribution in [1.29, 1.82) is 0 Å². The van der Waals surface area contributed by atoms with Gasteiger partial charge >= 0.3 is 0 Å². The van der Waals surface area contributed by atoms with Gasteiger partial charge in [0.1, 0.15) is 6.33 Å². The molecule has 0 amide bonds. The van der Waals surface area contributed by atoms with E-state index in [4.69, 9.17) is 16.0 Å². The number of hydrogen-bond donors (Lipinski definition) is 0. The van der Waals surface area contributed by atoms with Crippen molar-refractivity contribution in [3.05, 3.63) is 47.7 Å². The summed E-state index contributed by atoms with van der Waals surface area (Å²) < 4.78 is 7.92. The molecular weight excluding hydrogens is 320 g/mol.